The number of amides is 1. The number of nitrogens with zero attached hydrogens (tertiary/aromatic N) is 2. The van der Waals surface area contributed by atoms with Crippen LogP contribution >= 0.6 is 0 Å². The van der Waals surface area contributed by atoms with Gasteiger partial charge in [0.15, 0.2) is 0 Å². The van der Waals surface area contributed by atoms with Gasteiger partial charge in [-0.25, -0.2) is 0 Å². The van der Waals surface area contributed by atoms with E-state index in [2.05, 4.69) is 32.7 Å². The zero-order chi connectivity index (χ0) is 25.8. The van der Waals surface area contributed by atoms with Gasteiger partial charge in [0.2, 0.25) is 0 Å². The first kappa shape index (κ1) is 25.2. The molecule has 1 N–H and O–H groups in total. The quantitative estimate of drug-likeness (QED) is 0.246. The molecule has 6 heteroatoms. The molecule has 0 bridgehead atoms. The fourth-order valence-electron chi connectivity index (χ4n) is 4.27. The zero-order valence-corrected chi connectivity index (χ0v) is 21.1. The molecule has 2 aromatic carbocycles. The number of carbonyl (C=O) groups is 2. The molecule has 1 unspecified atom stereocenters. The topological polar surface area (TPSA) is 79.7 Å². The van der Waals surface area contributed by atoms with Crippen molar-refractivity contribution in [1.29, 1.82) is 0 Å². The number of benzene rings is 2. The molecular formula is C30H32N2O4. The first-order chi connectivity index (χ1) is 17.3. The molecule has 1 aliphatic heterocycles. The molecule has 2 heterocycles. The number of aromatic nitrogens is 1. The molecule has 186 valence electrons. The summed E-state index contributed by atoms with van der Waals surface area (Å²) in [6.07, 6.45) is 3.34. The molecule has 1 amide bonds. The predicted octanol–water partition coefficient (Wildman–Crippen LogP) is 5.86. The van der Waals surface area contributed by atoms with Crippen molar-refractivity contribution in [2.45, 2.75) is 46.2 Å². The van der Waals surface area contributed by atoms with Crippen LogP contribution in [0.2, 0.25) is 0 Å². The zero-order valence-electron chi connectivity index (χ0n) is 21.1. The number of aliphatic hydroxyl groups is 1. The highest BCUT2D eigenvalue weighted by molar-refractivity contribution is 6.46. The van der Waals surface area contributed by atoms with E-state index < -0.39 is 17.7 Å². The molecule has 1 atom stereocenters. The second kappa shape index (κ2) is 10.8. The van der Waals surface area contributed by atoms with E-state index in [9.17, 15) is 14.7 Å². The van der Waals surface area contributed by atoms with Crippen molar-refractivity contribution in [3.8, 4) is 5.75 Å². The maximum Gasteiger partial charge on any atom is 0.295 e. The van der Waals surface area contributed by atoms with Crippen LogP contribution in [0, 0.1) is 5.92 Å². The average molecular weight is 485 g/mol. The SMILES string of the molecule is CC(C)COc1ccc(/C(O)=C2/C(=O)C(=O)N(Cc3cccnc3)C2c2ccc(C(C)C)cc2)cc1. The van der Waals surface area contributed by atoms with Crippen molar-refractivity contribution >= 4 is 17.4 Å². The van der Waals surface area contributed by atoms with Gasteiger partial charge in [0.1, 0.15) is 11.5 Å². The Morgan fingerprint density at radius 2 is 1.69 bits per heavy atom. The van der Waals surface area contributed by atoms with E-state index in [-0.39, 0.29) is 17.9 Å². The third kappa shape index (κ3) is 5.33. The van der Waals surface area contributed by atoms with Crippen molar-refractivity contribution < 1.29 is 19.4 Å². The van der Waals surface area contributed by atoms with Gasteiger partial charge in [0.25, 0.3) is 11.7 Å². The standard InChI is InChI=1S/C30H32N2O4/c1-19(2)18-36-25-13-11-24(12-14-25)28(33)26-27(23-9-7-22(8-10-23)20(3)4)32(30(35)29(26)34)17-21-6-5-15-31-16-21/h5-16,19-20,27,33H,17-18H2,1-4H3/b28-26-. The van der Waals surface area contributed by atoms with Crippen molar-refractivity contribution in [1.82, 2.24) is 9.88 Å². The molecule has 36 heavy (non-hydrogen) atoms. The minimum absolute atomic E-state index is 0.0806. The number of ketones is 1. The van der Waals surface area contributed by atoms with E-state index in [4.69, 9.17) is 4.74 Å². The Morgan fingerprint density at radius 1 is 1.00 bits per heavy atom. The van der Waals surface area contributed by atoms with E-state index in [1.807, 2.05) is 30.3 Å². The normalized spacial score (nSPS) is 17.3. The fraction of sp³-hybridized carbons (Fsp3) is 0.300. The highest BCUT2D eigenvalue weighted by Crippen LogP contribution is 2.40. The highest BCUT2D eigenvalue weighted by Gasteiger charge is 2.46. The molecule has 1 aromatic heterocycles. The van der Waals surface area contributed by atoms with Gasteiger partial charge >= 0.3 is 0 Å². The minimum atomic E-state index is -0.719. The predicted molar refractivity (Wildman–Crippen MR) is 139 cm³/mol. The number of rotatable bonds is 8. The van der Waals surface area contributed by atoms with Crippen molar-refractivity contribution in [2.24, 2.45) is 5.92 Å². The van der Waals surface area contributed by atoms with Gasteiger partial charge in [-0.3, -0.25) is 14.6 Å². The van der Waals surface area contributed by atoms with Crippen molar-refractivity contribution in [2.75, 3.05) is 6.61 Å². The second-order valence-electron chi connectivity index (χ2n) is 9.84. The summed E-state index contributed by atoms with van der Waals surface area (Å²) in [5, 5.41) is 11.3. The van der Waals surface area contributed by atoms with Crippen LogP contribution in [0.5, 0.6) is 5.75 Å². The average Bonchev–Trinajstić information content (AvgIpc) is 3.13. The molecule has 4 rings (SSSR count). The molecule has 0 saturated carbocycles. The van der Waals surface area contributed by atoms with Crippen LogP contribution in [0.25, 0.3) is 5.76 Å². The number of hydrogen-bond acceptors (Lipinski definition) is 5. The van der Waals surface area contributed by atoms with E-state index in [1.165, 1.54) is 4.90 Å². The summed E-state index contributed by atoms with van der Waals surface area (Å²) in [6.45, 7) is 9.14. The number of Topliss-reactive ketones (excluding diaryl/α,β-unsaturated/α-hetero) is 1. The lowest BCUT2D eigenvalue weighted by atomic mass is 9.93. The Bertz CT molecular complexity index is 1250. The minimum Gasteiger partial charge on any atom is -0.507 e. The Labute approximate surface area is 212 Å². The first-order valence-corrected chi connectivity index (χ1v) is 12.3. The monoisotopic (exact) mass is 484 g/mol. The smallest absolute Gasteiger partial charge is 0.295 e. The Kier molecular flexibility index (Phi) is 7.53. The lowest BCUT2D eigenvalue weighted by Gasteiger charge is -2.25. The number of carbonyl (C=O) groups excluding carboxylic acids is 2. The fourth-order valence-corrected chi connectivity index (χ4v) is 4.27. The van der Waals surface area contributed by atoms with Gasteiger partial charge in [0, 0.05) is 24.5 Å². The number of hydrogen-bond donors (Lipinski definition) is 1. The summed E-state index contributed by atoms with van der Waals surface area (Å²) < 4.78 is 5.74. The number of ether oxygens (including phenoxy) is 1. The molecule has 1 aliphatic rings. The van der Waals surface area contributed by atoms with Gasteiger partial charge in [-0.05, 0) is 58.9 Å². The van der Waals surface area contributed by atoms with Crippen LogP contribution in [-0.2, 0) is 16.1 Å². The largest absolute Gasteiger partial charge is 0.507 e. The number of aliphatic hydroxyl groups excluding tert-OH is 1. The van der Waals surface area contributed by atoms with Gasteiger partial charge in [-0.1, -0.05) is 58.0 Å². The Balaban J connectivity index is 1.76. The molecule has 0 radical (unpaired) electrons. The van der Waals surface area contributed by atoms with Crippen LogP contribution in [0.3, 0.4) is 0 Å². The third-order valence-electron chi connectivity index (χ3n) is 6.25. The van der Waals surface area contributed by atoms with Crippen LogP contribution in [0.15, 0.2) is 78.6 Å². The van der Waals surface area contributed by atoms with E-state index in [0.717, 1.165) is 16.7 Å². The van der Waals surface area contributed by atoms with Crippen molar-refractivity contribution in [3.63, 3.8) is 0 Å². The maximum absolute atomic E-state index is 13.3. The van der Waals surface area contributed by atoms with E-state index >= 15 is 0 Å². The molecule has 0 spiro atoms. The lowest BCUT2D eigenvalue weighted by Crippen LogP contribution is -2.29. The van der Waals surface area contributed by atoms with Crippen LogP contribution < -0.4 is 4.74 Å². The summed E-state index contributed by atoms with van der Waals surface area (Å²) in [7, 11) is 0. The highest BCUT2D eigenvalue weighted by atomic mass is 16.5. The molecule has 1 fully saturated rings. The summed E-state index contributed by atoms with van der Waals surface area (Å²) in [6, 6.07) is 17.7. The molecule has 1 saturated heterocycles. The Hall–Kier alpha value is -3.93. The summed E-state index contributed by atoms with van der Waals surface area (Å²) in [5.41, 5.74) is 3.25. The summed E-state index contributed by atoms with van der Waals surface area (Å²) in [4.78, 5) is 32.1. The van der Waals surface area contributed by atoms with Crippen molar-refractivity contribution in [3.05, 3.63) is 101 Å². The van der Waals surface area contributed by atoms with Gasteiger partial charge in [0.05, 0.1) is 18.2 Å². The van der Waals surface area contributed by atoms with E-state index in [1.54, 1.807) is 42.7 Å². The van der Waals surface area contributed by atoms with Crippen LogP contribution in [0.1, 0.15) is 61.9 Å². The van der Waals surface area contributed by atoms with Crippen LogP contribution in [-0.4, -0.2) is 33.3 Å². The van der Waals surface area contributed by atoms with Gasteiger partial charge in [-0.2, -0.15) is 0 Å². The van der Waals surface area contributed by atoms with Gasteiger partial charge < -0.3 is 14.7 Å². The number of pyridine rings is 1. The first-order valence-electron chi connectivity index (χ1n) is 12.3. The second-order valence-corrected chi connectivity index (χ2v) is 9.84. The Morgan fingerprint density at radius 3 is 2.28 bits per heavy atom. The molecular weight excluding hydrogens is 452 g/mol. The summed E-state index contributed by atoms with van der Waals surface area (Å²) >= 11 is 0. The molecule has 3 aromatic rings. The van der Waals surface area contributed by atoms with Crippen LogP contribution in [0.4, 0.5) is 0 Å². The third-order valence-corrected chi connectivity index (χ3v) is 6.25. The van der Waals surface area contributed by atoms with E-state index in [0.29, 0.717) is 29.8 Å². The lowest BCUT2D eigenvalue weighted by molar-refractivity contribution is -0.140. The number of likely N-dealkylation sites (tertiary alicyclic amines) is 1. The molecule has 6 nitrogen and oxygen atoms in total. The molecule has 0 aliphatic carbocycles. The van der Waals surface area contributed by atoms with Gasteiger partial charge in [-0.15, -0.1) is 0 Å². The summed E-state index contributed by atoms with van der Waals surface area (Å²) in [5.74, 6) is -0.133. The maximum atomic E-state index is 13.3.